The van der Waals surface area contributed by atoms with Crippen molar-refractivity contribution < 1.29 is 35.9 Å². The first-order valence-corrected chi connectivity index (χ1v) is 13.5. The van der Waals surface area contributed by atoms with Crippen molar-refractivity contribution in [1.29, 1.82) is 0 Å². The van der Waals surface area contributed by atoms with Crippen LogP contribution >= 0.6 is 0 Å². The molecule has 12 nitrogen and oxygen atoms in total. The molecule has 0 saturated carbocycles. The van der Waals surface area contributed by atoms with Crippen LogP contribution in [0.25, 0.3) is 21.5 Å². The molecule has 0 amide bonds. The quantitative estimate of drug-likeness (QED) is 0.0846. The number of nitrogens with two attached hydrogens (primary N) is 4. The first-order chi connectivity index (χ1) is 17.7. The lowest BCUT2D eigenvalue weighted by Crippen LogP contribution is -2.73. The Morgan fingerprint density at radius 3 is 1.05 bits per heavy atom. The second-order valence-corrected chi connectivity index (χ2v) is 10.1. The molecule has 10 N–H and O–H groups in total. The third-order valence-electron chi connectivity index (χ3n) is 4.60. The Labute approximate surface area is 221 Å². The van der Waals surface area contributed by atoms with Crippen LogP contribution in [0, 0.1) is 0 Å². The molecule has 0 heterocycles. The number of benzene rings is 4. The normalized spacial score (nSPS) is 10.4. The number of hydrogen-bond acceptors (Lipinski definition) is 6. The predicted molar refractivity (Wildman–Crippen MR) is 144 cm³/mol. The van der Waals surface area contributed by atoms with Gasteiger partial charge < -0.3 is 9.11 Å². The van der Waals surface area contributed by atoms with Gasteiger partial charge >= 0.3 is 11.9 Å². The molecule has 0 aliphatic heterocycles. The minimum atomic E-state index is -4.34. The van der Waals surface area contributed by atoms with Gasteiger partial charge in [-0.2, -0.15) is 0 Å². The van der Waals surface area contributed by atoms with E-state index < -0.39 is 20.2 Å². The summed E-state index contributed by atoms with van der Waals surface area (Å²) in [5.74, 6) is 0.509. The molecule has 0 spiro atoms. The molecule has 0 radical (unpaired) electrons. The summed E-state index contributed by atoms with van der Waals surface area (Å²) in [5.41, 5.74) is 19.5. The third-order valence-corrected chi connectivity index (χ3v) is 6.26. The van der Waals surface area contributed by atoms with Crippen molar-refractivity contribution in [2.45, 2.75) is 9.79 Å². The molecular weight excluding hydrogens is 532 g/mol. The van der Waals surface area contributed by atoms with Gasteiger partial charge in [-0.15, -0.1) is 0 Å². The van der Waals surface area contributed by atoms with E-state index in [-0.39, 0.29) is 21.7 Å². The Morgan fingerprint density at radius 1 is 0.553 bits per heavy atom. The van der Waals surface area contributed by atoms with Crippen molar-refractivity contribution >= 4 is 53.7 Å². The lowest BCUT2D eigenvalue weighted by molar-refractivity contribution is -0.422. The van der Waals surface area contributed by atoms with Crippen LogP contribution in [0.1, 0.15) is 0 Å². The summed E-state index contributed by atoms with van der Waals surface area (Å²) in [5, 5.41) is 3.34. The molecule has 0 bridgehead atoms. The van der Waals surface area contributed by atoms with Gasteiger partial charge in [0, 0.05) is 0 Å². The highest BCUT2D eigenvalue weighted by molar-refractivity contribution is 7.86. The molecule has 4 rings (SSSR count). The van der Waals surface area contributed by atoms with Crippen LogP contribution < -0.4 is 32.9 Å². The smallest absolute Gasteiger partial charge is 0.338 e. The molecule has 0 atom stereocenters. The summed E-state index contributed by atoms with van der Waals surface area (Å²) < 4.78 is 64.3. The summed E-state index contributed by atoms with van der Waals surface area (Å²) in [7, 11) is -5.36. The van der Waals surface area contributed by atoms with E-state index in [1.165, 1.54) is 24.3 Å². The molecule has 0 aliphatic rings. The SMILES string of the molecule is C[NH+]=C(N)N.C[NH+]=C(N)N.O=S(=O)([O-])c1ccc2ccccc2c1.O=S(=O)([O-])c1ccc2ccccc2c1. The lowest BCUT2D eigenvalue weighted by Gasteiger charge is -2.07. The third kappa shape index (κ3) is 11.2. The summed E-state index contributed by atoms with van der Waals surface area (Å²) in [4.78, 5) is 4.63. The lowest BCUT2D eigenvalue weighted by atomic mass is 10.1. The van der Waals surface area contributed by atoms with Crippen LogP contribution in [0.3, 0.4) is 0 Å². The zero-order valence-corrected chi connectivity index (χ0v) is 22.3. The van der Waals surface area contributed by atoms with E-state index in [1.807, 2.05) is 24.3 Å². The highest BCUT2D eigenvalue weighted by Crippen LogP contribution is 2.19. The minimum Gasteiger partial charge on any atom is -0.744 e. The number of nitrogens with one attached hydrogen (secondary N) is 2. The van der Waals surface area contributed by atoms with Crippen LogP contribution in [0.15, 0.2) is 94.7 Å². The van der Waals surface area contributed by atoms with Gasteiger partial charge in [0.15, 0.2) is 0 Å². The average molecular weight is 563 g/mol. The van der Waals surface area contributed by atoms with Gasteiger partial charge in [-0.05, 0) is 45.8 Å². The standard InChI is InChI=1S/2C10H8O3S.2C2H7N3/c2*11-14(12,13)10-6-5-8-3-1-2-4-9(8)7-10;2*1-5-2(3)4/h2*1-7H,(H,11,12,13);2*1H3,(H4,3,4,5). The molecule has 0 fully saturated rings. The molecule has 0 aromatic heterocycles. The largest absolute Gasteiger partial charge is 0.744 e. The van der Waals surface area contributed by atoms with Crippen LogP contribution in [0.2, 0.25) is 0 Å². The number of guanidine groups is 2. The molecule has 14 heteroatoms. The number of hydrogen-bond donors (Lipinski definition) is 6. The number of fused-ring (bicyclic) bond motifs is 2. The zero-order valence-electron chi connectivity index (χ0n) is 20.7. The van der Waals surface area contributed by atoms with Crippen molar-refractivity contribution in [3.05, 3.63) is 84.9 Å². The van der Waals surface area contributed by atoms with Crippen molar-refractivity contribution in [1.82, 2.24) is 0 Å². The van der Waals surface area contributed by atoms with Gasteiger partial charge in [-0.25, -0.2) is 16.8 Å². The van der Waals surface area contributed by atoms with E-state index >= 15 is 0 Å². The van der Waals surface area contributed by atoms with Crippen LogP contribution in [-0.2, 0) is 20.2 Å². The topological polar surface area (TPSA) is 246 Å². The zero-order chi connectivity index (χ0) is 28.9. The second kappa shape index (κ2) is 14.5. The van der Waals surface area contributed by atoms with Crippen molar-refractivity contribution in [2.24, 2.45) is 22.9 Å². The van der Waals surface area contributed by atoms with Gasteiger partial charge in [-0.1, -0.05) is 60.7 Å². The first kappa shape index (κ1) is 31.8. The molecular formula is C24H30N6O6S2. The van der Waals surface area contributed by atoms with Gasteiger partial charge in [0.05, 0.1) is 23.9 Å². The van der Waals surface area contributed by atoms with Crippen LogP contribution in [0.4, 0.5) is 0 Å². The van der Waals surface area contributed by atoms with Crippen molar-refractivity contribution in [2.75, 3.05) is 14.1 Å². The average Bonchev–Trinajstić information content (AvgIpc) is 2.88. The first-order valence-electron chi connectivity index (χ1n) is 10.7. The van der Waals surface area contributed by atoms with Crippen molar-refractivity contribution in [3.63, 3.8) is 0 Å². The molecule has 38 heavy (non-hydrogen) atoms. The Bertz CT molecular complexity index is 1510. The van der Waals surface area contributed by atoms with E-state index in [4.69, 9.17) is 22.9 Å². The molecule has 0 unspecified atom stereocenters. The van der Waals surface area contributed by atoms with Crippen LogP contribution in [0.5, 0.6) is 0 Å². The number of rotatable bonds is 2. The molecule has 4 aromatic carbocycles. The summed E-state index contributed by atoms with van der Waals surface area (Å²) in [6.45, 7) is 0. The second-order valence-electron chi connectivity index (χ2n) is 7.34. The summed E-state index contributed by atoms with van der Waals surface area (Å²) in [6.07, 6.45) is 0. The highest BCUT2D eigenvalue weighted by atomic mass is 32.2. The van der Waals surface area contributed by atoms with E-state index in [2.05, 4.69) is 9.98 Å². The Hall–Kier alpha value is -4.24. The maximum atomic E-state index is 10.7. The molecule has 0 aliphatic carbocycles. The van der Waals surface area contributed by atoms with Gasteiger partial charge in [0.2, 0.25) is 0 Å². The van der Waals surface area contributed by atoms with E-state index in [0.29, 0.717) is 0 Å². The van der Waals surface area contributed by atoms with Gasteiger partial charge in [0.1, 0.15) is 20.2 Å². The molecule has 4 aromatic rings. The van der Waals surface area contributed by atoms with Gasteiger partial charge in [0.25, 0.3) is 0 Å². The van der Waals surface area contributed by atoms with E-state index in [0.717, 1.165) is 21.5 Å². The molecule has 204 valence electrons. The maximum Gasteiger partial charge on any atom is 0.338 e. The highest BCUT2D eigenvalue weighted by Gasteiger charge is 2.02. The minimum absolute atomic E-state index is 0.184. The summed E-state index contributed by atoms with van der Waals surface area (Å²) in [6, 6.07) is 23.2. The Kier molecular flexibility index (Phi) is 12.1. The summed E-state index contributed by atoms with van der Waals surface area (Å²) >= 11 is 0. The fourth-order valence-electron chi connectivity index (χ4n) is 2.65. The predicted octanol–water partition coefficient (Wildman–Crippen LogP) is -2.57. The molecule has 0 saturated heterocycles. The van der Waals surface area contributed by atoms with E-state index in [1.54, 1.807) is 50.5 Å². The Balaban J connectivity index is 0.000000284. The van der Waals surface area contributed by atoms with Gasteiger partial charge in [-0.3, -0.25) is 32.9 Å². The fourth-order valence-corrected chi connectivity index (χ4v) is 3.66. The van der Waals surface area contributed by atoms with Crippen LogP contribution in [-0.4, -0.2) is 52.0 Å². The van der Waals surface area contributed by atoms with Crippen molar-refractivity contribution in [3.8, 4) is 0 Å². The van der Waals surface area contributed by atoms with E-state index in [9.17, 15) is 25.9 Å². The Morgan fingerprint density at radius 2 is 0.816 bits per heavy atom. The maximum absolute atomic E-state index is 10.7. The fraction of sp³-hybridized carbons (Fsp3) is 0.0833. The monoisotopic (exact) mass is 562 g/mol.